The van der Waals surface area contributed by atoms with Gasteiger partial charge < -0.3 is 9.47 Å². The van der Waals surface area contributed by atoms with Crippen molar-refractivity contribution in [2.45, 2.75) is 25.6 Å². The highest BCUT2D eigenvalue weighted by Crippen LogP contribution is 2.20. The Bertz CT molecular complexity index is 151. The molecule has 0 rings (SSSR count). The van der Waals surface area contributed by atoms with Gasteiger partial charge in [-0.1, -0.05) is 6.92 Å². The number of ether oxygens (including phenoxy) is 2. The lowest BCUT2D eigenvalue weighted by Crippen LogP contribution is -2.33. The molecule has 0 amide bonds. The number of aliphatic imine (C=N–C) groups is 1. The summed E-state index contributed by atoms with van der Waals surface area (Å²) in [6.07, 6.45) is 2.78. The van der Waals surface area contributed by atoms with E-state index in [2.05, 4.69) is 4.99 Å². The normalized spacial score (nSPS) is 10.9. The summed E-state index contributed by atoms with van der Waals surface area (Å²) in [7, 11) is 3.16. The molecule has 0 fully saturated rings. The van der Waals surface area contributed by atoms with Crippen LogP contribution in [0.5, 0.6) is 0 Å². The molecule has 0 aromatic carbocycles. The highest BCUT2D eigenvalue weighted by molar-refractivity contribution is 5.32. The van der Waals surface area contributed by atoms with E-state index in [9.17, 15) is 4.79 Å². The van der Waals surface area contributed by atoms with Crippen LogP contribution in [0.15, 0.2) is 4.99 Å². The van der Waals surface area contributed by atoms with Crippen molar-refractivity contribution in [3.63, 3.8) is 0 Å². The fraction of sp³-hybridized carbons (Fsp3) is 0.875. The molecular formula is C8H15NO3. The molecule has 0 aromatic rings. The third-order valence-corrected chi connectivity index (χ3v) is 1.95. The Kier molecular flexibility index (Phi) is 5.54. The molecule has 0 aliphatic heterocycles. The van der Waals surface area contributed by atoms with Crippen molar-refractivity contribution < 1.29 is 14.3 Å². The smallest absolute Gasteiger partial charge is 0.234 e. The average molecular weight is 173 g/mol. The van der Waals surface area contributed by atoms with E-state index in [0.717, 1.165) is 6.42 Å². The number of nitrogens with zero attached hydrogens (tertiary/aromatic N) is 1. The van der Waals surface area contributed by atoms with Gasteiger partial charge in [0.15, 0.2) is 5.79 Å². The second-order valence-electron chi connectivity index (χ2n) is 2.40. The first kappa shape index (κ1) is 11.3. The van der Waals surface area contributed by atoms with E-state index in [1.807, 2.05) is 6.92 Å². The summed E-state index contributed by atoms with van der Waals surface area (Å²) in [6.45, 7) is 2.34. The molecule has 0 N–H and O–H groups in total. The van der Waals surface area contributed by atoms with Crippen LogP contribution >= 0.6 is 0 Å². The van der Waals surface area contributed by atoms with Crippen LogP contribution in [-0.4, -0.2) is 32.6 Å². The van der Waals surface area contributed by atoms with Gasteiger partial charge in [-0.3, -0.25) is 0 Å². The van der Waals surface area contributed by atoms with Crippen LogP contribution in [0, 0.1) is 0 Å². The third kappa shape index (κ3) is 3.13. The van der Waals surface area contributed by atoms with Gasteiger partial charge in [0.25, 0.3) is 0 Å². The molecule has 0 unspecified atom stereocenters. The lowest BCUT2D eigenvalue weighted by molar-refractivity contribution is -0.210. The second kappa shape index (κ2) is 5.89. The quantitative estimate of drug-likeness (QED) is 0.343. The summed E-state index contributed by atoms with van der Waals surface area (Å²) in [4.78, 5) is 13.2. The molecule has 0 radical (unpaired) electrons. The van der Waals surface area contributed by atoms with E-state index < -0.39 is 5.79 Å². The SMILES string of the molecule is CCC(CCN=C=O)(OC)OC. The van der Waals surface area contributed by atoms with Crippen LogP contribution in [-0.2, 0) is 14.3 Å². The maximum Gasteiger partial charge on any atom is 0.234 e. The summed E-state index contributed by atoms with van der Waals surface area (Å²) in [5, 5.41) is 0. The van der Waals surface area contributed by atoms with Gasteiger partial charge in [0.05, 0.1) is 6.54 Å². The molecule has 0 saturated carbocycles. The van der Waals surface area contributed by atoms with Crippen molar-refractivity contribution >= 4 is 6.08 Å². The first-order valence-electron chi connectivity index (χ1n) is 3.88. The molecule has 70 valence electrons. The van der Waals surface area contributed by atoms with E-state index in [4.69, 9.17) is 9.47 Å². The van der Waals surface area contributed by atoms with E-state index >= 15 is 0 Å². The highest BCUT2D eigenvalue weighted by Gasteiger charge is 2.26. The predicted molar refractivity (Wildman–Crippen MR) is 44.6 cm³/mol. The lowest BCUT2D eigenvalue weighted by atomic mass is 10.1. The van der Waals surface area contributed by atoms with Gasteiger partial charge in [0, 0.05) is 20.6 Å². The van der Waals surface area contributed by atoms with Crippen LogP contribution in [0.4, 0.5) is 0 Å². The second-order valence-corrected chi connectivity index (χ2v) is 2.40. The highest BCUT2D eigenvalue weighted by atomic mass is 16.7. The van der Waals surface area contributed by atoms with Crippen molar-refractivity contribution in [1.82, 2.24) is 0 Å². The van der Waals surface area contributed by atoms with E-state index in [0.29, 0.717) is 13.0 Å². The predicted octanol–water partition coefficient (Wildman–Crippen LogP) is 1.11. The molecule has 12 heavy (non-hydrogen) atoms. The number of rotatable bonds is 6. The topological polar surface area (TPSA) is 47.9 Å². The molecule has 0 heterocycles. The monoisotopic (exact) mass is 173 g/mol. The Labute approximate surface area is 72.6 Å². The third-order valence-electron chi connectivity index (χ3n) is 1.95. The Hall–Kier alpha value is -0.700. The molecule has 0 bridgehead atoms. The Morgan fingerprint density at radius 1 is 1.42 bits per heavy atom. The van der Waals surface area contributed by atoms with Gasteiger partial charge in [0.1, 0.15) is 0 Å². The minimum Gasteiger partial charge on any atom is -0.353 e. The molecule has 0 saturated heterocycles. The number of hydrogen-bond donors (Lipinski definition) is 0. The summed E-state index contributed by atoms with van der Waals surface area (Å²) in [5.74, 6) is -0.597. The summed E-state index contributed by atoms with van der Waals surface area (Å²) >= 11 is 0. The number of carbonyl (C=O) groups excluding carboxylic acids is 1. The van der Waals surface area contributed by atoms with Crippen molar-refractivity contribution in [2.75, 3.05) is 20.8 Å². The standard InChI is InChI=1S/C8H15NO3/c1-4-8(11-2,12-3)5-6-9-7-10/h4-6H2,1-3H3. The van der Waals surface area contributed by atoms with Gasteiger partial charge in [-0.25, -0.2) is 9.79 Å². The maximum atomic E-state index is 9.78. The largest absolute Gasteiger partial charge is 0.353 e. The summed E-state index contributed by atoms with van der Waals surface area (Å²) in [6, 6.07) is 0. The fourth-order valence-electron chi connectivity index (χ4n) is 1.02. The Balaban J connectivity index is 4.00. The number of methoxy groups -OCH3 is 2. The molecule has 0 spiro atoms. The van der Waals surface area contributed by atoms with Crippen molar-refractivity contribution in [2.24, 2.45) is 4.99 Å². The zero-order valence-corrected chi connectivity index (χ0v) is 7.79. The van der Waals surface area contributed by atoms with Gasteiger partial charge >= 0.3 is 0 Å². The Morgan fingerprint density at radius 3 is 2.33 bits per heavy atom. The first-order valence-corrected chi connectivity index (χ1v) is 3.88. The van der Waals surface area contributed by atoms with Crippen LogP contribution in [0.25, 0.3) is 0 Å². The molecular weight excluding hydrogens is 158 g/mol. The van der Waals surface area contributed by atoms with E-state index in [-0.39, 0.29) is 0 Å². The minimum atomic E-state index is -0.597. The van der Waals surface area contributed by atoms with Crippen LogP contribution in [0.2, 0.25) is 0 Å². The molecule has 0 aliphatic carbocycles. The molecule has 0 aliphatic rings. The van der Waals surface area contributed by atoms with E-state index in [1.54, 1.807) is 14.2 Å². The van der Waals surface area contributed by atoms with Crippen LogP contribution in [0.3, 0.4) is 0 Å². The summed E-state index contributed by atoms with van der Waals surface area (Å²) in [5.41, 5.74) is 0. The van der Waals surface area contributed by atoms with Crippen LogP contribution in [0.1, 0.15) is 19.8 Å². The molecule has 4 nitrogen and oxygen atoms in total. The maximum absolute atomic E-state index is 9.78. The van der Waals surface area contributed by atoms with Crippen LogP contribution < -0.4 is 0 Å². The molecule has 4 heteroatoms. The van der Waals surface area contributed by atoms with Gasteiger partial charge in [-0.2, -0.15) is 0 Å². The Morgan fingerprint density at radius 2 is 2.00 bits per heavy atom. The minimum absolute atomic E-state index is 0.388. The lowest BCUT2D eigenvalue weighted by Gasteiger charge is -2.28. The number of hydrogen-bond acceptors (Lipinski definition) is 4. The van der Waals surface area contributed by atoms with Gasteiger partial charge in [-0.15, -0.1) is 0 Å². The average Bonchev–Trinajstić information content (AvgIpc) is 2.14. The van der Waals surface area contributed by atoms with Gasteiger partial charge in [-0.05, 0) is 6.42 Å². The zero-order valence-electron chi connectivity index (χ0n) is 7.79. The van der Waals surface area contributed by atoms with Crippen molar-refractivity contribution in [1.29, 1.82) is 0 Å². The van der Waals surface area contributed by atoms with Crippen molar-refractivity contribution in [3.8, 4) is 0 Å². The number of isocyanates is 1. The molecule has 0 aromatic heterocycles. The van der Waals surface area contributed by atoms with Gasteiger partial charge in [0.2, 0.25) is 6.08 Å². The summed E-state index contributed by atoms with van der Waals surface area (Å²) < 4.78 is 10.3. The zero-order chi connectivity index (χ0) is 9.45. The fourth-order valence-corrected chi connectivity index (χ4v) is 1.02. The van der Waals surface area contributed by atoms with Crippen molar-refractivity contribution in [3.05, 3.63) is 0 Å². The molecule has 0 atom stereocenters. The first-order chi connectivity index (χ1) is 5.74. The van der Waals surface area contributed by atoms with E-state index in [1.165, 1.54) is 6.08 Å².